The molecule has 0 radical (unpaired) electrons. The second-order valence-corrected chi connectivity index (χ2v) is 5.19. The highest BCUT2D eigenvalue weighted by atomic mass is 32.1. The van der Waals surface area contributed by atoms with Crippen LogP contribution >= 0.6 is 11.3 Å². The van der Waals surface area contributed by atoms with E-state index in [0.29, 0.717) is 10.6 Å². The lowest BCUT2D eigenvalue weighted by molar-refractivity contribution is 0.0940. The van der Waals surface area contributed by atoms with E-state index < -0.39 is 0 Å². The Morgan fingerprint density at radius 2 is 2.22 bits per heavy atom. The molecule has 1 amide bonds. The first-order chi connectivity index (χ1) is 8.67. The summed E-state index contributed by atoms with van der Waals surface area (Å²) in [7, 11) is 0. The number of aromatic nitrogens is 1. The zero-order valence-electron chi connectivity index (χ0n) is 10.6. The highest BCUT2D eigenvalue weighted by molar-refractivity contribution is 7.21. The van der Waals surface area contributed by atoms with E-state index in [1.807, 2.05) is 12.1 Å². The van der Waals surface area contributed by atoms with Gasteiger partial charge in [0.2, 0.25) is 0 Å². The van der Waals surface area contributed by atoms with Crippen LogP contribution < -0.4 is 11.1 Å². The molecule has 0 spiro atoms. The van der Waals surface area contributed by atoms with Gasteiger partial charge in [0.15, 0.2) is 0 Å². The van der Waals surface area contributed by atoms with Gasteiger partial charge in [-0.15, -0.1) is 11.3 Å². The fraction of sp³-hybridized carbons (Fsp3) is 0.385. The number of rotatable bonds is 4. The third-order valence-corrected chi connectivity index (χ3v) is 4.16. The van der Waals surface area contributed by atoms with Gasteiger partial charge in [0, 0.05) is 17.6 Å². The van der Waals surface area contributed by atoms with Crippen LogP contribution in [0.2, 0.25) is 0 Å². The standard InChI is InChI=1S/C13H17N3OS/c1-3-8(4-2)16-12(17)11-10(14)9-6-5-7-15-13(9)18-11/h5-8H,3-4,14H2,1-2H3,(H,16,17). The van der Waals surface area contributed by atoms with Crippen molar-refractivity contribution in [1.82, 2.24) is 10.3 Å². The minimum atomic E-state index is -0.0933. The van der Waals surface area contributed by atoms with Crippen LogP contribution in [0, 0.1) is 0 Å². The van der Waals surface area contributed by atoms with Gasteiger partial charge in [0.05, 0.1) is 5.69 Å². The van der Waals surface area contributed by atoms with E-state index in [-0.39, 0.29) is 11.9 Å². The number of anilines is 1. The highest BCUT2D eigenvalue weighted by Gasteiger charge is 2.18. The molecule has 0 aliphatic carbocycles. The summed E-state index contributed by atoms with van der Waals surface area (Å²) in [6, 6.07) is 3.92. The smallest absolute Gasteiger partial charge is 0.263 e. The second-order valence-electron chi connectivity index (χ2n) is 4.19. The third kappa shape index (κ3) is 2.31. The van der Waals surface area contributed by atoms with Crippen molar-refractivity contribution >= 4 is 33.1 Å². The topological polar surface area (TPSA) is 68.0 Å². The molecule has 5 heteroatoms. The Bertz CT molecular complexity index is 560. The largest absolute Gasteiger partial charge is 0.397 e. The van der Waals surface area contributed by atoms with Crippen LogP contribution in [0.15, 0.2) is 18.3 Å². The molecule has 0 aliphatic rings. The maximum absolute atomic E-state index is 12.2. The third-order valence-electron chi connectivity index (χ3n) is 3.03. The fourth-order valence-electron chi connectivity index (χ4n) is 1.86. The van der Waals surface area contributed by atoms with Crippen LogP contribution in [-0.4, -0.2) is 16.9 Å². The Morgan fingerprint density at radius 1 is 1.50 bits per heavy atom. The van der Waals surface area contributed by atoms with Crippen LogP contribution in [0.25, 0.3) is 10.2 Å². The number of carbonyl (C=O) groups excluding carboxylic acids is 1. The predicted octanol–water partition coefficient (Wildman–Crippen LogP) is 2.80. The second kappa shape index (κ2) is 5.35. The summed E-state index contributed by atoms with van der Waals surface area (Å²) < 4.78 is 0. The van der Waals surface area contributed by atoms with Crippen molar-refractivity contribution in [3.63, 3.8) is 0 Å². The van der Waals surface area contributed by atoms with Crippen molar-refractivity contribution in [3.05, 3.63) is 23.2 Å². The summed E-state index contributed by atoms with van der Waals surface area (Å²) in [6.45, 7) is 4.12. The van der Waals surface area contributed by atoms with Gasteiger partial charge in [-0.25, -0.2) is 4.98 Å². The van der Waals surface area contributed by atoms with Gasteiger partial charge >= 0.3 is 0 Å². The molecule has 0 aliphatic heterocycles. The summed E-state index contributed by atoms with van der Waals surface area (Å²) in [5.74, 6) is -0.0933. The monoisotopic (exact) mass is 263 g/mol. The van der Waals surface area contributed by atoms with Gasteiger partial charge in [0.25, 0.3) is 5.91 Å². The van der Waals surface area contributed by atoms with E-state index in [9.17, 15) is 4.79 Å². The van der Waals surface area contributed by atoms with E-state index in [0.717, 1.165) is 23.1 Å². The number of nitrogens with zero attached hydrogens (tertiary/aromatic N) is 1. The van der Waals surface area contributed by atoms with Gasteiger partial charge in [0.1, 0.15) is 9.71 Å². The van der Waals surface area contributed by atoms with Gasteiger partial charge in [-0.2, -0.15) is 0 Å². The summed E-state index contributed by atoms with van der Waals surface area (Å²) in [6.07, 6.45) is 3.55. The van der Waals surface area contributed by atoms with Gasteiger partial charge in [-0.05, 0) is 25.0 Å². The number of nitrogen functional groups attached to an aromatic ring is 1. The molecule has 0 bridgehead atoms. The predicted molar refractivity (Wildman–Crippen MR) is 75.9 cm³/mol. The lowest BCUT2D eigenvalue weighted by atomic mass is 10.1. The Morgan fingerprint density at radius 3 is 2.83 bits per heavy atom. The molecule has 96 valence electrons. The Balaban J connectivity index is 2.30. The van der Waals surface area contributed by atoms with Crippen LogP contribution in [0.5, 0.6) is 0 Å². The van der Waals surface area contributed by atoms with Crippen molar-refractivity contribution in [2.45, 2.75) is 32.7 Å². The molecule has 2 heterocycles. The number of hydrogen-bond donors (Lipinski definition) is 2. The van der Waals surface area contributed by atoms with Gasteiger partial charge in [-0.1, -0.05) is 13.8 Å². The number of pyridine rings is 1. The van der Waals surface area contributed by atoms with Crippen LogP contribution in [-0.2, 0) is 0 Å². The summed E-state index contributed by atoms with van der Waals surface area (Å²) in [4.78, 5) is 17.8. The van der Waals surface area contributed by atoms with E-state index in [1.54, 1.807) is 6.20 Å². The number of hydrogen-bond acceptors (Lipinski definition) is 4. The van der Waals surface area contributed by atoms with Crippen molar-refractivity contribution in [1.29, 1.82) is 0 Å². The Hall–Kier alpha value is -1.62. The maximum Gasteiger partial charge on any atom is 0.263 e. The Kier molecular flexibility index (Phi) is 3.81. The highest BCUT2D eigenvalue weighted by Crippen LogP contribution is 2.31. The molecule has 2 rings (SSSR count). The molecule has 0 fully saturated rings. The SMILES string of the molecule is CCC(CC)NC(=O)c1sc2ncccc2c1N. The lowest BCUT2D eigenvalue weighted by Gasteiger charge is -2.13. The van der Waals surface area contributed by atoms with E-state index in [2.05, 4.69) is 24.1 Å². The van der Waals surface area contributed by atoms with Gasteiger partial charge < -0.3 is 11.1 Å². The summed E-state index contributed by atoms with van der Waals surface area (Å²) in [5, 5.41) is 3.86. The summed E-state index contributed by atoms with van der Waals surface area (Å²) in [5.41, 5.74) is 6.54. The molecule has 2 aromatic heterocycles. The van der Waals surface area contributed by atoms with Gasteiger partial charge in [-0.3, -0.25) is 4.79 Å². The first kappa shape index (κ1) is 12.8. The summed E-state index contributed by atoms with van der Waals surface area (Å²) >= 11 is 1.35. The molecule has 0 atom stereocenters. The van der Waals surface area contributed by atoms with Crippen LogP contribution in [0.4, 0.5) is 5.69 Å². The van der Waals surface area contributed by atoms with Crippen LogP contribution in [0.3, 0.4) is 0 Å². The van der Waals surface area contributed by atoms with E-state index in [1.165, 1.54) is 11.3 Å². The zero-order valence-corrected chi connectivity index (χ0v) is 11.4. The van der Waals surface area contributed by atoms with E-state index in [4.69, 9.17) is 5.73 Å². The number of nitrogens with one attached hydrogen (secondary N) is 1. The number of carbonyl (C=O) groups is 1. The molecule has 0 aromatic carbocycles. The van der Waals surface area contributed by atoms with Crippen molar-refractivity contribution in [2.75, 3.05) is 5.73 Å². The number of amides is 1. The molecular weight excluding hydrogens is 246 g/mol. The first-order valence-electron chi connectivity index (χ1n) is 6.11. The average molecular weight is 263 g/mol. The first-order valence-corrected chi connectivity index (χ1v) is 6.92. The zero-order chi connectivity index (χ0) is 13.1. The molecule has 18 heavy (non-hydrogen) atoms. The average Bonchev–Trinajstić information content (AvgIpc) is 2.74. The van der Waals surface area contributed by atoms with E-state index >= 15 is 0 Å². The normalized spacial score (nSPS) is 11.1. The molecule has 3 N–H and O–H groups in total. The molecule has 2 aromatic rings. The molecule has 4 nitrogen and oxygen atoms in total. The Labute approximate surface area is 110 Å². The number of nitrogens with two attached hydrogens (primary N) is 1. The number of thiophene rings is 1. The van der Waals surface area contributed by atoms with Crippen molar-refractivity contribution in [3.8, 4) is 0 Å². The molecule has 0 saturated heterocycles. The maximum atomic E-state index is 12.2. The molecular formula is C13H17N3OS. The molecule has 0 saturated carbocycles. The van der Waals surface area contributed by atoms with Crippen molar-refractivity contribution in [2.24, 2.45) is 0 Å². The quantitative estimate of drug-likeness (QED) is 0.891. The minimum absolute atomic E-state index is 0.0933. The lowest BCUT2D eigenvalue weighted by Crippen LogP contribution is -2.33. The fourth-order valence-corrected chi connectivity index (χ4v) is 2.83. The van der Waals surface area contributed by atoms with Crippen molar-refractivity contribution < 1.29 is 4.79 Å². The van der Waals surface area contributed by atoms with Crippen LogP contribution in [0.1, 0.15) is 36.4 Å². The minimum Gasteiger partial charge on any atom is -0.397 e. The molecule has 0 unspecified atom stereocenters. The number of fused-ring (bicyclic) bond motifs is 1.